The van der Waals surface area contributed by atoms with Crippen LogP contribution >= 0.6 is 12.4 Å². The van der Waals surface area contributed by atoms with Crippen molar-refractivity contribution >= 4 is 40.7 Å². The number of nitrogens with one attached hydrogen (secondary N) is 1. The minimum Gasteiger partial charge on any atom is -0.354 e. The van der Waals surface area contributed by atoms with Crippen molar-refractivity contribution in [3.8, 4) is 0 Å². The predicted molar refractivity (Wildman–Crippen MR) is 116 cm³/mol. The van der Waals surface area contributed by atoms with E-state index in [2.05, 4.69) is 34.3 Å². The number of hydrogen-bond acceptors (Lipinski definition) is 4. The Hall–Kier alpha value is -2.66. The van der Waals surface area contributed by atoms with E-state index < -0.39 is 0 Å². The lowest BCUT2D eigenvalue weighted by atomic mass is 10.1. The van der Waals surface area contributed by atoms with Gasteiger partial charge in [-0.25, -0.2) is 9.97 Å². The maximum Gasteiger partial charge on any atom is 0.257 e. The van der Waals surface area contributed by atoms with Crippen molar-refractivity contribution in [2.45, 2.75) is 33.1 Å². The first kappa shape index (κ1) is 20.1. The third-order valence-electron chi connectivity index (χ3n) is 5.03. The molecule has 1 N–H and O–H groups in total. The highest BCUT2D eigenvalue weighted by molar-refractivity contribution is 6.07. The molecule has 5 nitrogen and oxygen atoms in total. The summed E-state index contributed by atoms with van der Waals surface area (Å²) in [4.78, 5) is 24.2. The van der Waals surface area contributed by atoms with Crippen LogP contribution in [0, 0.1) is 13.8 Å². The topological polar surface area (TPSA) is 58.1 Å². The van der Waals surface area contributed by atoms with Crippen molar-refractivity contribution < 1.29 is 4.79 Å². The van der Waals surface area contributed by atoms with Crippen molar-refractivity contribution in [1.29, 1.82) is 0 Å². The van der Waals surface area contributed by atoms with Gasteiger partial charge in [-0.1, -0.05) is 12.1 Å². The fraction of sp³-hybridized carbons (Fsp3) is 0.318. The van der Waals surface area contributed by atoms with Crippen molar-refractivity contribution in [1.82, 2.24) is 14.9 Å². The van der Waals surface area contributed by atoms with E-state index >= 15 is 0 Å². The molecular formula is C22H25ClN4O. The average molecular weight is 397 g/mol. The maximum atomic E-state index is 13.2. The lowest BCUT2D eigenvalue weighted by molar-refractivity contribution is 0.0725. The van der Waals surface area contributed by atoms with Gasteiger partial charge in [-0.05, 0) is 62.9 Å². The molecule has 1 amide bonds. The molecule has 3 heterocycles. The SMILES string of the molecule is Cc1cccc(Nc2c(C(=O)N3CCCCC3)cnc3nc(C)ccc23)c1.Cl. The fourth-order valence-electron chi connectivity index (χ4n) is 3.60. The lowest BCUT2D eigenvalue weighted by Gasteiger charge is -2.27. The van der Waals surface area contributed by atoms with Crippen LogP contribution in [0.15, 0.2) is 42.6 Å². The van der Waals surface area contributed by atoms with Gasteiger partial charge in [-0.3, -0.25) is 4.79 Å². The van der Waals surface area contributed by atoms with Crippen LogP contribution in [0.3, 0.4) is 0 Å². The Morgan fingerprint density at radius 1 is 1.07 bits per heavy atom. The molecule has 1 aliphatic rings. The molecular weight excluding hydrogens is 372 g/mol. The summed E-state index contributed by atoms with van der Waals surface area (Å²) in [5.41, 5.74) is 5.07. The smallest absolute Gasteiger partial charge is 0.257 e. The minimum absolute atomic E-state index is 0. The Bertz CT molecular complexity index is 999. The zero-order chi connectivity index (χ0) is 18.8. The van der Waals surface area contributed by atoms with Crippen molar-refractivity contribution in [2.24, 2.45) is 0 Å². The van der Waals surface area contributed by atoms with E-state index in [4.69, 9.17) is 0 Å². The second kappa shape index (κ2) is 8.57. The van der Waals surface area contributed by atoms with E-state index in [1.807, 2.05) is 36.1 Å². The summed E-state index contributed by atoms with van der Waals surface area (Å²) in [6.45, 7) is 5.63. The first-order valence-electron chi connectivity index (χ1n) is 9.51. The molecule has 3 aromatic rings. The number of anilines is 2. The summed E-state index contributed by atoms with van der Waals surface area (Å²) >= 11 is 0. The number of halogens is 1. The molecule has 146 valence electrons. The van der Waals surface area contributed by atoms with Crippen LogP contribution in [-0.4, -0.2) is 33.9 Å². The summed E-state index contributed by atoms with van der Waals surface area (Å²) in [7, 11) is 0. The molecule has 1 saturated heterocycles. The van der Waals surface area contributed by atoms with Crippen molar-refractivity contribution in [2.75, 3.05) is 18.4 Å². The van der Waals surface area contributed by atoms with Gasteiger partial charge in [0.15, 0.2) is 5.65 Å². The third kappa shape index (κ3) is 4.09. The Kier molecular flexibility index (Phi) is 6.15. The number of hydrogen-bond donors (Lipinski definition) is 1. The average Bonchev–Trinajstić information content (AvgIpc) is 2.68. The van der Waals surface area contributed by atoms with Crippen LogP contribution in [0.2, 0.25) is 0 Å². The van der Waals surface area contributed by atoms with Gasteiger partial charge in [0.1, 0.15) is 0 Å². The molecule has 4 rings (SSSR count). The molecule has 1 aromatic carbocycles. The number of aryl methyl sites for hydroxylation is 2. The van der Waals surface area contributed by atoms with Crippen LogP contribution in [0.4, 0.5) is 11.4 Å². The highest BCUT2D eigenvalue weighted by atomic mass is 35.5. The van der Waals surface area contributed by atoms with E-state index in [9.17, 15) is 4.79 Å². The van der Waals surface area contributed by atoms with Crippen LogP contribution in [0.1, 0.15) is 40.9 Å². The van der Waals surface area contributed by atoms with Crippen molar-refractivity contribution in [3.63, 3.8) is 0 Å². The quantitative estimate of drug-likeness (QED) is 0.673. The first-order chi connectivity index (χ1) is 13.1. The Labute approximate surface area is 171 Å². The zero-order valence-corrected chi connectivity index (χ0v) is 17.1. The van der Waals surface area contributed by atoms with Gasteiger partial charge in [0, 0.05) is 36.1 Å². The molecule has 1 fully saturated rings. The van der Waals surface area contributed by atoms with Crippen LogP contribution in [0.5, 0.6) is 0 Å². The van der Waals surface area contributed by atoms with E-state index in [1.165, 1.54) is 6.42 Å². The highest BCUT2D eigenvalue weighted by Crippen LogP contribution is 2.30. The second-order valence-electron chi connectivity index (χ2n) is 7.22. The summed E-state index contributed by atoms with van der Waals surface area (Å²) in [5, 5.41) is 4.33. The van der Waals surface area contributed by atoms with E-state index in [1.54, 1.807) is 6.20 Å². The highest BCUT2D eigenvalue weighted by Gasteiger charge is 2.23. The maximum absolute atomic E-state index is 13.2. The Morgan fingerprint density at radius 3 is 2.61 bits per heavy atom. The molecule has 0 spiro atoms. The number of piperidine rings is 1. The fourth-order valence-corrected chi connectivity index (χ4v) is 3.60. The monoisotopic (exact) mass is 396 g/mol. The summed E-state index contributed by atoms with van der Waals surface area (Å²) in [6.07, 6.45) is 4.99. The number of benzene rings is 1. The molecule has 6 heteroatoms. The molecule has 0 unspecified atom stereocenters. The molecule has 1 aliphatic heterocycles. The number of fused-ring (bicyclic) bond motifs is 1. The standard InChI is InChI=1S/C22H24N4O.ClH/c1-15-7-6-8-17(13-15)25-20-18-10-9-16(2)24-21(18)23-14-19(20)22(27)26-11-4-3-5-12-26;/h6-10,13-14H,3-5,11-12H2,1-2H3,(H,23,24,25);1H. The normalized spacial score (nSPS) is 13.9. The predicted octanol–water partition coefficient (Wildman–Crippen LogP) is 5.04. The van der Waals surface area contributed by atoms with E-state index in [0.29, 0.717) is 11.2 Å². The molecule has 2 aromatic heterocycles. The summed E-state index contributed by atoms with van der Waals surface area (Å²) < 4.78 is 0. The third-order valence-corrected chi connectivity index (χ3v) is 5.03. The largest absolute Gasteiger partial charge is 0.354 e. The van der Waals surface area contributed by atoms with Gasteiger partial charge >= 0.3 is 0 Å². The number of nitrogens with zero attached hydrogens (tertiary/aromatic N) is 3. The molecule has 0 radical (unpaired) electrons. The molecule has 0 saturated carbocycles. The van der Waals surface area contributed by atoms with Gasteiger partial charge < -0.3 is 10.2 Å². The van der Waals surface area contributed by atoms with Gasteiger partial charge in [0.2, 0.25) is 0 Å². The first-order valence-corrected chi connectivity index (χ1v) is 9.51. The molecule has 0 aliphatic carbocycles. The van der Waals surface area contributed by atoms with Gasteiger partial charge in [0.25, 0.3) is 5.91 Å². The van der Waals surface area contributed by atoms with Crippen molar-refractivity contribution in [3.05, 3.63) is 59.4 Å². The summed E-state index contributed by atoms with van der Waals surface area (Å²) in [5.74, 6) is 0.0415. The van der Waals surface area contributed by atoms with Gasteiger partial charge in [0.05, 0.1) is 11.3 Å². The number of carbonyl (C=O) groups excluding carboxylic acids is 1. The van der Waals surface area contributed by atoms with Crippen LogP contribution < -0.4 is 5.32 Å². The van der Waals surface area contributed by atoms with E-state index in [-0.39, 0.29) is 18.3 Å². The number of rotatable bonds is 3. The van der Waals surface area contributed by atoms with E-state index in [0.717, 1.165) is 53.9 Å². The lowest BCUT2D eigenvalue weighted by Crippen LogP contribution is -2.36. The molecule has 0 bridgehead atoms. The minimum atomic E-state index is 0. The number of carbonyl (C=O) groups is 1. The number of likely N-dealkylation sites (tertiary alicyclic amines) is 1. The van der Waals surface area contributed by atoms with Gasteiger partial charge in [-0.15, -0.1) is 12.4 Å². The number of pyridine rings is 2. The zero-order valence-electron chi connectivity index (χ0n) is 16.2. The van der Waals surface area contributed by atoms with Crippen LogP contribution in [0.25, 0.3) is 11.0 Å². The second-order valence-corrected chi connectivity index (χ2v) is 7.22. The van der Waals surface area contributed by atoms with Gasteiger partial charge in [-0.2, -0.15) is 0 Å². The Morgan fingerprint density at radius 2 is 1.86 bits per heavy atom. The Balaban J connectivity index is 0.00000225. The summed E-state index contributed by atoms with van der Waals surface area (Å²) in [6, 6.07) is 12.1. The van der Waals surface area contributed by atoms with Crippen LogP contribution in [-0.2, 0) is 0 Å². The number of aromatic nitrogens is 2. The molecule has 28 heavy (non-hydrogen) atoms. The molecule has 0 atom stereocenters. The number of amides is 1.